The fourth-order valence-corrected chi connectivity index (χ4v) is 4.68. The van der Waals surface area contributed by atoms with E-state index < -0.39 is 8.41 Å². The Bertz CT molecular complexity index is 404. The normalized spacial score (nSPS) is 11.6. The average Bonchev–Trinajstić information content (AvgIpc) is 2.65. The Morgan fingerprint density at radius 3 is 1.31 bits per heavy atom. The van der Waals surface area contributed by atoms with Gasteiger partial charge in [0, 0.05) is 5.57 Å². The van der Waals surface area contributed by atoms with Crippen LogP contribution in [0, 0.1) is 0 Å². The van der Waals surface area contributed by atoms with Gasteiger partial charge in [-0.3, -0.25) is 0 Å². The van der Waals surface area contributed by atoms with Crippen molar-refractivity contribution in [3.63, 3.8) is 0 Å². The summed E-state index contributed by atoms with van der Waals surface area (Å²) in [5.74, 6) is -0.263. The Balaban J connectivity index is 3.10. The molecule has 0 bridgehead atoms. The standard InChI is InChI=1S/C25H49FO2Si/c1-24(2)25(27)28-22-20-18-16-14-12-10-8-6-5-7-9-11-13-15-17-19-21-23-29(3,4)26/h1,5-23H2,2-4H3. The molecule has 4 heteroatoms. The molecule has 0 spiro atoms. The molecule has 0 aliphatic rings. The maximum atomic E-state index is 13.5. The summed E-state index contributed by atoms with van der Waals surface area (Å²) in [5, 5.41) is 0. The zero-order valence-electron chi connectivity index (χ0n) is 19.8. The lowest BCUT2D eigenvalue weighted by molar-refractivity contribution is -0.139. The van der Waals surface area contributed by atoms with Crippen LogP contribution in [0.3, 0.4) is 0 Å². The highest BCUT2D eigenvalue weighted by Crippen LogP contribution is 2.17. The number of ether oxygens (including phenoxy) is 1. The van der Waals surface area contributed by atoms with Crippen LogP contribution in [0.15, 0.2) is 12.2 Å². The Morgan fingerprint density at radius 1 is 0.690 bits per heavy atom. The highest BCUT2D eigenvalue weighted by atomic mass is 28.4. The van der Waals surface area contributed by atoms with Gasteiger partial charge in [0.25, 0.3) is 0 Å². The average molecular weight is 429 g/mol. The number of carbonyl (C=O) groups excluding carboxylic acids is 1. The second-order valence-corrected chi connectivity index (χ2v) is 13.3. The maximum absolute atomic E-state index is 13.5. The van der Waals surface area contributed by atoms with E-state index in [2.05, 4.69) is 6.58 Å². The van der Waals surface area contributed by atoms with E-state index in [0.717, 1.165) is 25.3 Å². The minimum absolute atomic E-state index is 0.263. The second kappa shape index (κ2) is 19.3. The van der Waals surface area contributed by atoms with Crippen LogP contribution >= 0.6 is 0 Å². The summed E-state index contributed by atoms with van der Waals surface area (Å²) >= 11 is 0. The first-order valence-corrected chi connectivity index (χ1v) is 15.4. The number of halogens is 1. The maximum Gasteiger partial charge on any atom is 0.333 e. The SMILES string of the molecule is C=C(C)C(=O)OCCCCCCCCCCCCCCCCCCC[Si](C)(C)F. The van der Waals surface area contributed by atoms with Crippen LogP contribution in [-0.4, -0.2) is 21.0 Å². The summed E-state index contributed by atoms with van der Waals surface area (Å²) < 4.78 is 18.6. The molecule has 0 unspecified atom stereocenters. The van der Waals surface area contributed by atoms with E-state index in [0.29, 0.717) is 12.2 Å². The van der Waals surface area contributed by atoms with Crippen LogP contribution in [0.4, 0.5) is 4.11 Å². The van der Waals surface area contributed by atoms with Crippen molar-refractivity contribution in [3.05, 3.63) is 12.2 Å². The molecule has 0 saturated heterocycles. The summed E-state index contributed by atoms with van der Waals surface area (Å²) in [6, 6.07) is 0.847. The number of hydrogen-bond acceptors (Lipinski definition) is 2. The van der Waals surface area contributed by atoms with Crippen LogP contribution in [0.25, 0.3) is 0 Å². The quantitative estimate of drug-likeness (QED) is 0.0599. The largest absolute Gasteiger partial charge is 0.462 e. The van der Waals surface area contributed by atoms with E-state index in [1.54, 1.807) is 6.92 Å². The molecule has 0 aromatic heterocycles. The number of esters is 1. The molecule has 0 radical (unpaired) electrons. The van der Waals surface area contributed by atoms with Gasteiger partial charge in [0.1, 0.15) is 0 Å². The van der Waals surface area contributed by atoms with Crippen LogP contribution in [0.5, 0.6) is 0 Å². The molecular weight excluding hydrogens is 379 g/mol. The number of carbonyl (C=O) groups is 1. The molecule has 0 saturated carbocycles. The number of hydrogen-bond donors (Lipinski definition) is 0. The van der Waals surface area contributed by atoms with Gasteiger partial charge >= 0.3 is 5.97 Å². The molecule has 2 nitrogen and oxygen atoms in total. The van der Waals surface area contributed by atoms with Crippen molar-refractivity contribution in [3.8, 4) is 0 Å². The third-order valence-electron chi connectivity index (χ3n) is 5.50. The van der Waals surface area contributed by atoms with Gasteiger partial charge in [0.05, 0.1) is 6.61 Å². The topological polar surface area (TPSA) is 26.3 Å². The van der Waals surface area contributed by atoms with E-state index in [4.69, 9.17) is 4.74 Å². The Kier molecular flexibility index (Phi) is 18.9. The van der Waals surface area contributed by atoms with E-state index >= 15 is 0 Å². The summed E-state index contributed by atoms with van der Waals surface area (Å²) in [4.78, 5) is 11.2. The van der Waals surface area contributed by atoms with Crippen molar-refractivity contribution in [1.29, 1.82) is 0 Å². The lowest BCUT2D eigenvalue weighted by Crippen LogP contribution is -2.16. The molecule has 0 aliphatic heterocycles. The molecule has 172 valence electrons. The molecule has 0 aliphatic carbocycles. The lowest BCUT2D eigenvalue weighted by Gasteiger charge is -2.09. The van der Waals surface area contributed by atoms with Gasteiger partial charge in [-0.25, -0.2) is 4.79 Å². The van der Waals surface area contributed by atoms with E-state index in [-0.39, 0.29) is 5.97 Å². The zero-order chi connectivity index (χ0) is 21.8. The van der Waals surface area contributed by atoms with E-state index in [9.17, 15) is 8.90 Å². The fourth-order valence-electron chi connectivity index (χ4n) is 3.59. The van der Waals surface area contributed by atoms with Crippen LogP contribution < -0.4 is 0 Å². The van der Waals surface area contributed by atoms with Gasteiger partial charge in [0.2, 0.25) is 8.41 Å². The second-order valence-electron chi connectivity index (χ2n) is 9.40. The fraction of sp³-hybridized carbons (Fsp3) is 0.880. The molecule has 0 aromatic carbocycles. The van der Waals surface area contributed by atoms with E-state index in [1.807, 2.05) is 13.1 Å². The Labute approximate surface area is 182 Å². The summed E-state index contributed by atoms with van der Waals surface area (Å²) in [7, 11) is -2.29. The third-order valence-corrected chi connectivity index (χ3v) is 7.04. The lowest BCUT2D eigenvalue weighted by atomic mass is 10.0. The minimum atomic E-state index is -2.29. The molecule has 0 heterocycles. The predicted octanol–water partition coefficient (Wildman–Crippen LogP) is 8.91. The van der Waals surface area contributed by atoms with Gasteiger partial charge in [0.15, 0.2) is 0 Å². The smallest absolute Gasteiger partial charge is 0.333 e. The van der Waals surface area contributed by atoms with Crippen molar-refractivity contribution in [2.45, 2.75) is 135 Å². The zero-order valence-corrected chi connectivity index (χ0v) is 20.8. The summed E-state index contributed by atoms with van der Waals surface area (Å²) in [6.07, 6.45) is 22.0. The first kappa shape index (κ1) is 28.4. The molecule has 0 atom stereocenters. The van der Waals surface area contributed by atoms with Crippen molar-refractivity contribution in [1.82, 2.24) is 0 Å². The van der Waals surface area contributed by atoms with Gasteiger partial charge in [-0.2, -0.15) is 0 Å². The van der Waals surface area contributed by atoms with E-state index in [1.165, 1.54) is 89.9 Å². The van der Waals surface area contributed by atoms with Crippen molar-refractivity contribution >= 4 is 14.4 Å². The molecule has 0 N–H and O–H groups in total. The molecule has 0 rings (SSSR count). The van der Waals surface area contributed by atoms with Crippen LogP contribution in [0.2, 0.25) is 19.1 Å². The summed E-state index contributed by atoms with van der Waals surface area (Å²) in [6.45, 7) is 9.44. The van der Waals surface area contributed by atoms with Crippen LogP contribution in [0.1, 0.15) is 116 Å². The van der Waals surface area contributed by atoms with Crippen molar-refractivity contribution in [2.24, 2.45) is 0 Å². The van der Waals surface area contributed by atoms with Gasteiger partial charge in [-0.05, 0) is 32.5 Å². The van der Waals surface area contributed by atoms with Crippen LogP contribution in [-0.2, 0) is 9.53 Å². The van der Waals surface area contributed by atoms with Gasteiger partial charge in [-0.15, -0.1) is 0 Å². The summed E-state index contributed by atoms with van der Waals surface area (Å²) in [5.41, 5.74) is 0.483. The highest BCUT2D eigenvalue weighted by molar-refractivity contribution is 6.70. The van der Waals surface area contributed by atoms with Crippen molar-refractivity contribution < 1.29 is 13.6 Å². The Morgan fingerprint density at radius 2 is 1.00 bits per heavy atom. The number of rotatable bonds is 21. The molecule has 0 amide bonds. The molecule has 0 fully saturated rings. The first-order chi connectivity index (χ1) is 13.8. The third kappa shape index (κ3) is 23.5. The highest BCUT2D eigenvalue weighted by Gasteiger charge is 2.18. The minimum Gasteiger partial charge on any atom is -0.462 e. The van der Waals surface area contributed by atoms with Gasteiger partial charge < -0.3 is 8.84 Å². The van der Waals surface area contributed by atoms with Crippen molar-refractivity contribution in [2.75, 3.05) is 6.61 Å². The predicted molar refractivity (Wildman–Crippen MR) is 128 cm³/mol. The monoisotopic (exact) mass is 428 g/mol. The molecular formula is C25H49FO2Si. The first-order valence-electron chi connectivity index (χ1n) is 12.3. The number of unbranched alkanes of at least 4 members (excludes halogenated alkanes) is 16. The molecule has 0 aromatic rings. The van der Waals surface area contributed by atoms with Gasteiger partial charge in [-0.1, -0.05) is 109 Å². The molecule has 29 heavy (non-hydrogen) atoms. The Hall–Kier alpha value is -0.643.